The number of likely N-dealkylation sites (tertiary alicyclic amines) is 2. The van der Waals surface area contributed by atoms with Crippen LogP contribution in [0.1, 0.15) is 71.6 Å². The van der Waals surface area contributed by atoms with Crippen LogP contribution in [-0.2, 0) is 9.59 Å². The van der Waals surface area contributed by atoms with E-state index in [0.717, 1.165) is 55.2 Å². The molecule has 1 N–H and O–H groups in total. The molecule has 6 nitrogen and oxygen atoms in total. The maximum Gasteiger partial charge on any atom is 0.226 e. The van der Waals surface area contributed by atoms with Crippen molar-refractivity contribution >= 4 is 40.0 Å². The average molecular weight is 533 g/mol. The number of aromatic nitrogens is 1. The SMILES string of the molecule is CC(=O)N1CCC(C2C(CC(=O)Nc3ncc(SCCN4CCCC4)s3)C2C2CCC(C)CC2)CC1. The summed E-state index contributed by atoms with van der Waals surface area (Å²) in [6, 6.07) is 0. The number of thiazole rings is 1. The molecule has 5 rings (SSSR count). The van der Waals surface area contributed by atoms with Crippen LogP contribution < -0.4 is 5.32 Å². The van der Waals surface area contributed by atoms with Crippen molar-refractivity contribution in [3.05, 3.63) is 6.20 Å². The second-order valence-corrected chi connectivity index (χ2v) is 14.2. The topological polar surface area (TPSA) is 65.5 Å². The van der Waals surface area contributed by atoms with E-state index in [1.807, 2.05) is 22.9 Å². The lowest BCUT2D eigenvalue weighted by atomic mass is 9.78. The maximum absolute atomic E-state index is 13.1. The van der Waals surface area contributed by atoms with Gasteiger partial charge >= 0.3 is 0 Å². The van der Waals surface area contributed by atoms with E-state index in [0.29, 0.717) is 30.1 Å². The summed E-state index contributed by atoms with van der Waals surface area (Å²) in [6.07, 6.45) is 12.8. The van der Waals surface area contributed by atoms with E-state index in [1.54, 1.807) is 18.3 Å². The first-order chi connectivity index (χ1) is 17.5. The lowest BCUT2D eigenvalue weighted by molar-refractivity contribution is -0.130. The number of thioether (sulfide) groups is 1. The fraction of sp³-hybridized carbons (Fsp3) is 0.821. The van der Waals surface area contributed by atoms with Gasteiger partial charge in [-0.2, -0.15) is 0 Å². The van der Waals surface area contributed by atoms with Crippen LogP contribution in [0.3, 0.4) is 0 Å². The van der Waals surface area contributed by atoms with Crippen molar-refractivity contribution in [2.45, 2.75) is 75.8 Å². The van der Waals surface area contributed by atoms with E-state index >= 15 is 0 Å². The molecular weight excluding hydrogens is 488 g/mol. The van der Waals surface area contributed by atoms with Gasteiger partial charge in [0.15, 0.2) is 5.13 Å². The Hall–Kier alpha value is -1.12. The fourth-order valence-electron chi connectivity index (χ4n) is 7.35. The Morgan fingerprint density at radius 3 is 2.36 bits per heavy atom. The second kappa shape index (κ2) is 12.2. The number of carbonyl (C=O) groups is 2. The molecule has 0 radical (unpaired) electrons. The van der Waals surface area contributed by atoms with Crippen molar-refractivity contribution in [3.8, 4) is 0 Å². The van der Waals surface area contributed by atoms with Crippen LogP contribution in [0, 0.1) is 35.5 Å². The second-order valence-electron chi connectivity index (χ2n) is 11.8. The van der Waals surface area contributed by atoms with Crippen molar-refractivity contribution in [1.29, 1.82) is 0 Å². The lowest BCUT2D eigenvalue weighted by Gasteiger charge is -2.32. The van der Waals surface area contributed by atoms with E-state index in [1.165, 1.54) is 55.8 Å². The smallest absolute Gasteiger partial charge is 0.226 e. The highest BCUT2D eigenvalue weighted by Crippen LogP contribution is 2.61. The molecule has 2 amide bonds. The van der Waals surface area contributed by atoms with Crippen molar-refractivity contribution in [3.63, 3.8) is 0 Å². The number of nitrogens with zero attached hydrogens (tertiary/aromatic N) is 3. The lowest BCUT2D eigenvalue weighted by Crippen LogP contribution is -2.37. The molecule has 3 atom stereocenters. The minimum absolute atomic E-state index is 0.140. The molecule has 2 saturated heterocycles. The highest BCUT2D eigenvalue weighted by atomic mass is 32.2. The Bertz CT molecular complexity index is 886. The molecule has 8 heteroatoms. The van der Waals surface area contributed by atoms with Crippen LogP contribution in [0.2, 0.25) is 0 Å². The predicted octanol–water partition coefficient (Wildman–Crippen LogP) is 5.61. The first-order valence-electron chi connectivity index (χ1n) is 14.3. The van der Waals surface area contributed by atoms with Gasteiger partial charge in [0.1, 0.15) is 0 Å². The maximum atomic E-state index is 13.1. The molecule has 0 bridgehead atoms. The molecule has 200 valence electrons. The number of carbonyl (C=O) groups excluding carboxylic acids is 2. The molecule has 3 heterocycles. The van der Waals surface area contributed by atoms with Gasteiger partial charge in [-0.05, 0) is 87.1 Å². The van der Waals surface area contributed by atoms with Gasteiger partial charge in [0.05, 0.1) is 10.4 Å². The van der Waals surface area contributed by atoms with Crippen molar-refractivity contribution in [2.75, 3.05) is 43.8 Å². The summed E-state index contributed by atoms with van der Waals surface area (Å²) in [7, 11) is 0. The largest absolute Gasteiger partial charge is 0.343 e. The molecule has 1 aromatic heterocycles. The number of hydrogen-bond donors (Lipinski definition) is 1. The molecule has 2 aliphatic carbocycles. The van der Waals surface area contributed by atoms with E-state index < -0.39 is 0 Å². The number of rotatable bonds is 9. The monoisotopic (exact) mass is 532 g/mol. The Morgan fingerprint density at radius 2 is 1.69 bits per heavy atom. The molecule has 2 aliphatic heterocycles. The molecule has 2 saturated carbocycles. The summed E-state index contributed by atoms with van der Waals surface area (Å²) in [5.74, 6) is 5.60. The van der Waals surface area contributed by atoms with E-state index in [4.69, 9.17) is 0 Å². The van der Waals surface area contributed by atoms with Crippen LogP contribution in [0.4, 0.5) is 5.13 Å². The normalized spacial score (nSPS) is 31.5. The molecule has 3 unspecified atom stereocenters. The number of amides is 2. The number of nitrogens with one attached hydrogen (secondary N) is 1. The molecule has 0 spiro atoms. The van der Waals surface area contributed by atoms with Crippen LogP contribution in [0.15, 0.2) is 10.4 Å². The fourth-order valence-corrected chi connectivity index (χ4v) is 9.31. The van der Waals surface area contributed by atoms with Gasteiger partial charge < -0.3 is 15.1 Å². The zero-order valence-corrected chi connectivity index (χ0v) is 23.8. The highest BCUT2D eigenvalue weighted by Gasteiger charge is 2.57. The third kappa shape index (κ3) is 6.65. The quantitative estimate of drug-likeness (QED) is 0.419. The summed E-state index contributed by atoms with van der Waals surface area (Å²) < 4.78 is 1.19. The molecule has 0 aromatic carbocycles. The van der Waals surface area contributed by atoms with Crippen LogP contribution in [0.25, 0.3) is 0 Å². The zero-order valence-electron chi connectivity index (χ0n) is 22.1. The first kappa shape index (κ1) is 26.5. The molecule has 1 aromatic rings. The Balaban J connectivity index is 1.13. The zero-order chi connectivity index (χ0) is 25.1. The van der Waals surface area contributed by atoms with Gasteiger partial charge in [0.2, 0.25) is 11.8 Å². The van der Waals surface area contributed by atoms with E-state index in [-0.39, 0.29) is 11.8 Å². The van der Waals surface area contributed by atoms with E-state index in [9.17, 15) is 9.59 Å². The standard InChI is InChI=1S/C28H44N4O2S2/c1-19-5-7-21(8-6-19)26-23(27(26)22-9-13-32(14-10-22)20(2)33)17-24(34)30-28-29-18-25(36-28)35-16-15-31-11-3-4-12-31/h18-19,21-23,26-27H,3-17H2,1-2H3,(H,29,30,34). The molecule has 4 fully saturated rings. The minimum Gasteiger partial charge on any atom is -0.343 e. The third-order valence-corrected chi connectivity index (χ3v) is 11.5. The number of hydrogen-bond acceptors (Lipinski definition) is 6. The average Bonchev–Trinajstić information content (AvgIpc) is 3.17. The molecular formula is C28H44N4O2S2. The van der Waals surface area contributed by atoms with E-state index in [2.05, 4.69) is 22.1 Å². The summed E-state index contributed by atoms with van der Waals surface area (Å²) >= 11 is 3.47. The summed E-state index contributed by atoms with van der Waals surface area (Å²) in [6.45, 7) is 9.47. The summed E-state index contributed by atoms with van der Waals surface area (Å²) in [4.78, 5) is 33.9. The van der Waals surface area contributed by atoms with Gasteiger partial charge in [-0.15, -0.1) is 11.8 Å². The first-order valence-corrected chi connectivity index (χ1v) is 16.1. The third-order valence-electron chi connectivity index (χ3n) is 9.43. The van der Waals surface area contributed by atoms with Gasteiger partial charge in [0.25, 0.3) is 0 Å². The summed E-state index contributed by atoms with van der Waals surface area (Å²) in [5, 5.41) is 3.88. The Kier molecular flexibility index (Phi) is 8.95. The van der Waals surface area contributed by atoms with Gasteiger partial charge in [-0.25, -0.2) is 4.98 Å². The van der Waals surface area contributed by atoms with Crippen LogP contribution in [0.5, 0.6) is 0 Å². The predicted molar refractivity (Wildman–Crippen MR) is 148 cm³/mol. The molecule has 36 heavy (non-hydrogen) atoms. The highest BCUT2D eigenvalue weighted by molar-refractivity contribution is 8.01. The van der Waals surface area contributed by atoms with Gasteiger partial charge in [-0.3, -0.25) is 9.59 Å². The Labute approximate surface area is 225 Å². The number of anilines is 1. The van der Waals surface area contributed by atoms with Crippen molar-refractivity contribution in [1.82, 2.24) is 14.8 Å². The summed E-state index contributed by atoms with van der Waals surface area (Å²) in [5.41, 5.74) is 0. The van der Waals surface area contributed by atoms with Crippen LogP contribution in [-0.4, -0.2) is 65.1 Å². The van der Waals surface area contributed by atoms with Crippen LogP contribution >= 0.6 is 23.1 Å². The minimum atomic E-state index is 0.140. The molecule has 4 aliphatic rings. The van der Waals surface area contributed by atoms with Crippen molar-refractivity contribution < 1.29 is 9.59 Å². The Morgan fingerprint density at radius 1 is 1.03 bits per heavy atom. The van der Waals surface area contributed by atoms with Gasteiger partial charge in [-0.1, -0.05) is 31.1 Å². The number of piperidine rings is 1. The van der Waals surface area contributed by atoms with Crippen molar-refractivity contribution in [2.24, 2.45) is 35.5 Å². The van der Waals surface area contributed by atoms with Gasteiger partial charge in [0, 0.05) is 38.7 Å².